The normalized spacial score (nSPS) is 18.4. The van der Waals surface area contributed by atoms with E-state index in [4.69, 9.17) is 4.74 Å². The fourth-order valence-electron chi connectivity index (χ4n) is 6.46. The second-order valence-electron chi connectivity index (χ2n) is 14.4. The third kappa shape index (κ3) is 11.6. The van der Waals surface area contributed by atoms with E-state index in [0.29, 0.717) is 25.0 Å². The number of hydrogen-bond acceptors (Lipinski definition) is 3. The quantitative estimate of drug-likeness (QED) is 0.140. The molecule has 1 aromatic heterocycles. The monoisotopic (exact) mass is 629 g/mol. The van der Waals surface area contributed by atoms with Crippen molar-refractivity contribution < 1.29 is 9.53 Å². The zero-order valence-electron chi connectivity index (χ0n) is 30.4. The van der Waals surface area contributed by atoms with Gasteiger partial charge in [-0.25, -0.2) is 0 Å². The van der Waals surface area contributed by atoms with Gasteiger partial charge in [-0.15, -0.1) is 0 Å². The van der Waals surface area contributed by atoms with Crippen LogP contribution in [0, 0.1) is 17.8 Å². The van der Waals surface area contributed by atoms with Crippen LogP contribution in [-0.4, -0.2) is 42.8 Å². The third-order valence-electron chi connectivity index (χ3n) is 8.86. The van der Waals surface area contributed by atoms with E-state index >= 15 is 0 Å². The van der Waals surface area contributed by atoms with Gasteiger partial charge in [0.05, 0.1) is 24.8 Å². The first-order valence-corrected chi connectivity index (χ1v) is 17.8. The fourth-order valence-corrected chi connectivity index (χ4v) is 6.46. The lowest BCUT2D eigenvalue weighted by molar-refractivity contribution is -0.124. The highest BCUT2D eigenvalue weighted by Crippen LogP contribution is 2.35. The minimum atomic E-state index is -0.256. The van der Waals surface area contributed by atoms with Crippen LogP contribution in [0.4, 0.5) is 5.69 Å². The summed E-state index contributed by atoms with van der Waals surface area (Å²) in [5.74, 6) is 1.46. The average molecular weight is 630 g/mol. The van der Waals surface area contributed by atoms with Crippen molar-refractivity contribution in [1.29, 1.82) is 0 Å². The standard InChI is InChI=1S/C41H63N3O2/c1-30(2)17-10-12-19-33(7)21-15-25-44-28-35-27-36(29-46-26-16-22-34(8)20-13-11-18-31(3)4)42-41(45)40(32(5)6)43(9)37-23-14-24-38(44)39(35)37/h10-11,14,17-18,21-24,28,30-32,36,40H,12-13,15-16,19-20,25-27,29H2,1-9H3,(H,42,45)/b17-10+,18-11+,33-21+,34-22+/t36-,40-/m0/s1. The molecule has 2 aromatic rings. The molecule has 0 spiro atoms. The van der Waals surface area contributed by atoms with Gasteiger partial charge in [-0.05, 0) is 94.2 Å². The molecule has 1 aliphatic heterocycles. The lowest BCUT2D eigenvalue weighted by Crippen LogP contribution is -2.52. The Balaban J connectivity index is 1.75. The molecule has 254 valence electrons. The molecule has 0 aliphatic carbocycles. The van der Waals surface area contributed by atoms with Gasteiger partial charge in [-0.1, -0.05) is 95.2 Å². The van der Waals surface area contributed by atoms with E-state index < -0.39 is 0 Å². The topological polar surface area (TPSA) is 46.5 Å². The zero-order valence-corrected chi connectivity index (χ0v) is 30.4. The third-order valence-corrected chi connectivity index (χ3v) is 8.86. The molecule has 0 saturated heterocycles. The van der Waals surface area contributed by atoms with E-state index in [2.05, 4.69) is 138 Å². The molecular formula is C41H63N3O2. The second kappa shape index (κ2) is 18.9. The summed E-state index contributed by atoms with van der Waals surface area (Å²) in [6, 6.07) is 6.21. The average Bonchev–Trinajstić information content (AvgIpc) is 3.35. The minimum absolute atomic E-state index is 0.0789. The summed E-state index contributed by atoms with van der Waals surface area (Å²) >= 11 is 0. The molecule has 0 fully saturated rings. The van der Waals surface area contributed by atoms with Gasteiger partial charge < -0.3 is 19.5 Å². The summed E-state index contributed by atoms with van der Waals surface area (Å²) in [6.45, 7) is 19.7. The van der Waals surface area contributed by atoms with Gasteiger partial charge in [-0.3, -0.25) is 4.79 Å². The van der Waals surface area contributed by atoms with Crippen LogP contribution in [0.25, 0.3) is 10.9 Å². The summed E-state index contributed by atoms with van der Waals surface area (Å²) in [4.78, 5) is 15.9. The molecule has 1 N–H and O–H groups in total. The molecule has 0 radical (unpaired) electrons. The largest absolute Gasteiger partial charge is 0.379 e. The molecule has 0 unspecified atom stereocenters. The molecule has 1 aliphatic rings. The number of hydrogen-bond donors (Lipinski definition) is 1. The summed E-state index contributed by atoms with van der Waals surface area (Å²) < 4.78 is 8.63. The predicted molar refractivity (Wildman–Crippen MR) is 199 cm³/mol. The number of nitrogens with zero attached hydrogens (tertiary/aromatic N) is 2. The van der Waals surface area contributed by atoms with Gasteiger partial charge in [0, 0.05) is 30.9 Å². The highest BCUT2D eigenvalue weighted by Gasteiger charge is 2.32. The van der Waals surface area contributed by atoms with Gasteiger partial charge in [0.2, 0.25) is 5.91 Å². The van der Waals surface area contributed by atoms with Crippen LogP contribution >= 0.6 is 0 Å². The van der Waals surface area contributed by atoms with Crippen molar-refractivity contribution in [3.63, 3.8) is 0 Å². The number of likely N-dealkylation sites (N-methyl/N-ethyl adjacent to an activating group) is 1. The summed E-state index contributed by atoms with van der Waals surface area (Å²) in [5.41, 5.74) is 6.51. The van der Waals surface area contributed by atoms with Gasteiger partial charge in [0.25, 0.3) is 0 Å². The summed E-state index contributed by atoms with van der Waals surface area (Å²) in [5, 5.41) is 4.65. The van der Waals surface area contributed by atoms with Crippen molar-refractivity contribution in [2.24, 2.45) is 17.8 Å². The number of benzene rings is 1. The fraction of sp³-hybridized carbons (Fsp3) is 0.585. The molecule has 5 nitrogen and oxygen atoms in total. The van der Waals surface area contributed by atoms with Crippen molar-refractivity contribution >= 4 is 22.5 Å². The Kier molecular flexibility index (Phi) is 15.4. The van der Waals surface area contributed by atoms with E-state index in [1.807, 2.05) is 0 Å². The molecule has 2 atom stereocenters. The van der Waals surface area contributed by atoms with Crippen LogP contribution in [0.15, 0.2) is 72.0 Å². The maximum atomic E-state index is 13.7. The van der Waals surface area contributed by atoms with Crippen LogP contribution in [0.2, 0.25) is 0 Å². The van der Waals surface area contributed by atoms with Gasteiger partial charge in [0.1, 0.15) is 6.04 Å². The van der Waals surface area contributed by atoms with Crippen LogP contribution in [0.1, 0.15) is 99.5 Å². The minimum Gasteiger partial charge on any atom is -0.379 e. The molecule has 0 bridgehead atoms. The second-order valence-corrected chi connectivity index (χ2v) is 14.4. The highest BCUT2D eigenvalue weighted by molar-refractivity contribution is 5.98. The van der Waals surface area contributed by atoms with Crippen LogP contribution in [-0.2, 0) is 22.5 Å². The van der Waals surface area contributed by atoms with Gasteiger partial charge in [-0.2, -0.15) is 0 Å². The lowest BCUT2D eigenvalue weighted by Gasteiger charge is -2.32. The Hall–Kier alpha value is -3.05. The number of ether oxygens (including phenoxy) is 1. The van der Waals surface area contributed by atoms with Gasteiger partial charge in [0.15, 0.2) is 0 Å². The predicted octanol–water partition coefficient (Wildman–Crippen LogP) is 9.82. The SMILES string of the molecule is C/C(=C\CCOC[C@@H]1Cc2cn(CC/C=C(\C)CC/C=C/C(C)C)c3cccc(c23)N(C)[C@@H](C(C)C)C(=O)N1)CC/C=C/C(C)C. The Bertz CT molecular complexity index is 1360. The van der Waals surface area contributed by atoms with Crippen molar-refractivity contribution in [3.05, 3.63) is 77.6 Å². The van der Waals surface area contributed by atoms with E-state index in [-0.39, 0.29) is 23.9 Å². The van der Waals surface area contributed by atoms with E-state index in [1.165, 1.54) is 27.6 Å². The smallest absolute Gasteiger partial charge is 0.243 e. The van der Waals surface area contributed by atoms with E-state index in [9.17, 15) is 4.79 Å². The maximum absolute atomic E-state index is 13.7. The molecule has 1 aromatic carbocycles. The first-order valence-electron chi connectivity index (χ1n) is 17.8. The van der Waals surface area contributed by atoms with Crippen molar-refractivity contribution in [3.8, 4) is 0 Å². The van der Waals surface area contributed by atoms with Crippen molar-refractivity contribution in [2.75, 3.05) is 25.2 Å². The number of aryl methyl sites for hydroxylation is 1. The molecule has 2 heterocycles. The number of allylic oxidation sites excluding steroid dienone is 7. The van der Waals surface area contributed by atoms with Crippen LogP contribution in [0.5, 0.6) is 0 Å². The number of carbonyl (C=O) groups is 1. The Morgan fingerprint density at radius 2 is 1.57 bits per heavy atom. The number of aromatic nitrogens is 1. The van der Waals surface area contributed by atoms with E-state index in [1.54, 1.807) is 0 Å². The van der Waals surface area contributed by atoms with Crippen LogP contribution in [0.3, 0.4) is 0 Å². The Labute approximate surface area is 280 Å². The molecule has 1 amide bonds. The molecular weight excluding hydrogens is 566 g/mol. The molecule has 5 heteroatoms. The van der Waals surface area contributed by atoms with E-state index in [0.717, 1.165) is 57.2 Å². The number of carbonyl (C=O) groups excluding carboxylic acids is 1. The van der Waals surface area contributed by atoms with Crippen molar-refractivity contribution in [2.45, 2.75) is 119 Å². The number of rotatable bonds is 17. The van der Waals surface area contributed by atoms with Crippen LogP contribution < -0.4 is 10.2 Å². The molecule has 0 saturated carbocycles. The summed E-state index contributed by atoms with van der Waals surface area (Å²) in [7, 11) is 2.07. The Morgan fingerprint density at radius 1 is 0.935 bits per heavy atom. The Morgan fingerprint density at radius 3 is 2.17 bits per heavy atom. The van der Waals surface area contributed by atoms with Gasteiger partial charge >= 0.3 is 0 Å². The maximum Gasteiger partial charge on any atom is 0.243 e. The number of amides is 1. The zero-order chi connectivity index (χ0) is 33.6. The number of anilines is 1. The molecule has 3 rings (SSSR count). The molecule has 46 heavy (non-hydrogen) atoms. The summed E-state index contributed by atoms with van der Waals surface area (Å²) in [6.07, 6.45) is 23.2. The first kappa shape index (κ1) is 37.4. The first-order chi connectivity index (χ1) is 22.0. The highest BCUT2D eigenvalue weighted by atomic mass is 16.5. The van der Waals surface area contributed by atoms with Crippen molar-refractivity contribution in [1.82, 2.24) is 9.88 Å². The number of nitrogens with one attached hydrogen (secondary N) is 1. The lowest BCUT2D eigenvalue weighted by atomic mass is 10.0.